The molecular weight excluding hydrogens is 510 g/mol. The monoisotopic (exact) mass is 545 g/mol. The number of phenolic OH excluding ortho intramolecular Hbond substituents is 1. The number of ketones is 1. The molecule has 1 saturated heterocycles. The van der Waals surface area contributed by atoms with E-state index in [1.807, 2.05) is 45.0 Å². The van der Waals surface area contributed by atoms with Gasteiger partial charge in [0.25, 0.3) is 11.7 Å². The number of aryl methyl sites for hydroxylation is 1. The van der Waals surface area contributed by atoms with Crippen LogP contribution in [0, 0.1) is 6.92 Å². The van der Waals surface area contributed by atoms with Crippen LogP contribution in [-0.2, 0) is 16.1 Å². The van der Waals surface area contributed by atoms with E-state index in [0.29, 0.717) is 34.8 Å². The summed E-state index contributed by atoms with van der Waals surface area (Å²) >= 11 is 0. The molecule has 0 spiro atoms. The number of benzene rings is 3. The van der Waals surface area contributed by atoms with Crippen LogP contribution in [0.5, 0.6) is 23.0 Å². The number of hydrogen-bond donors (Lipinski definition) is 2. The summed E-state index contributed by atoms with van der Waals surface area (Å²) in [7, 11) is 3.14. The molecule has 3 aromatic carbocycles. The van der Waals surface area contributed by atoms with Gasteiger partial charge in [0.1, 0.15) is 17.3 Å². The van der Waals surface area contributed by atoms with Crippen molar-refractivity contribution in [3.05, 3.63) is 88.0 Å². The van der Waals surface area contributed by atoms with Crippen LogP contribution in [0.15, 0.2) is 60.2 Å². The van der Waals surface area contributed by atoms with Gasteiger partial charge < -0.3 is 29.3 Å². The quantitative estimate of drug-likeness (QED) is 0.197. The highest BCUT2D eigenvalue weighted by molar-refractivity contribution is 6.46. The fourth-order valence-corrected chi connectivity index (χ4v) is 5.06. The van der Waals surface area contributed by atoms with Gasteiger partial charge in [0, 0.05) is 12.1 Å². The topological polar surface area (TPSA) is 106 Å². The van der Waals surface area contributed by atoms with E-state index in [0.717, 1.165) is 11.1 Å². The highest BCUT2D eigenvalue weighted by Gasteiger charge is 2.46. The fraction of sp³-hybridized carbons (Fsp3) is 0.312. The van der Waals surface area contributed by atoms with Crippen molar-refractivity contribution in [2.45, 2.75) is 46.2 Å². The van der Waals surface area contributed by atoms with E-state index in [1.54, 1.807) is 45.4 Å². The summed E-state index contributed by atoms with van der Waals surface area (Å²) in [5, 5.41) is 22.1. The van der Waals surface area contributed by atoms with Crippen molar-refractivity contribution in [2.75, 3.05) is 20.8 Å². The maximum Gasteiger partial charge on any atom is 0.295 e. The summed E-state index contributed by atoms with van der Waals surface area (Å²) in [5.41, 5.74) is 3.22. The Morgan fingerprint density at radius 2 is 1.75 bits per heavy atom. The Bertz CT molecular complexity index is 1470. The van der Waals surface area contributed by atoms with Crippen molar-refractivity contribution in [1.82, 2.24) is 4.90 Å². The minimum atomic E-state index is -0.935. The molecule has 2 N–H and O–H groups in total. The normalized spacial score (nSPS) is 16.5. The number of phenols is 1. The molecule has 8 heteroatoms. The van der Waals surface area contributed by atoms with Gasteiger partial charge in [-0.2, -0.15) is 0 Å². The van der Waals surface area contributed by atoms with Crippen molar-refractivity contribution < 1.29 is 34.0 Å². The number of likely N-dealkylation sites (tertiary alicyclic amines) is 1. The average Bonchev–Trinajstić information content (AvgIpc) is 3.18. The fourth-order valence-electron chi connectivity index (χ4n) is 5.06. The van der Waals surface area contributed by atoms with Crippen LogP contribution in [0.2, 0.25) is 0 Å². The van der Waals surface area contributed by atoms with Crippen LogP contribution in [0.4, 0.5) is 0 Å². The molecule has 1 atom stereocenters. The molecular formula is C32H35NO7. The second-order valence-electron chi connectivity index (χ2n) is 10.0. The Morgan fingerprint density at radius 1 is 1.00 bits per heavy atom. The van der Waals surface area contributed by atoms with E-state index in [1.165, 1.54) is 11.0 Å². The molecule has 210 valence electrons. The van der Waals surface area contributed by atoms with Crippen molar-refractivity contribution in [1.29, 1.82) is 0 Å². The van der Waals surface area contributed by atoms with Crippen LogP contribution in [-0.4, -0.2) is 47.6 Å². The molecule has 8 nitrogen and oxygen atoms in total. The first kappa shape index (κ1) is 28.5. The zero-order valence-corrected chi connectivity index (χ0v) is 23.6. The summed E-state index contributed by atoms with van der Waals surface area (Å²) in [4.78, 5) is 28.6. The number of ether oxygens (including phenoxy) is 3. The molecule has 0 aliphatic carbocycles. The molecule has 4 rings (SSSR count). The third kappa shape index (κ3) is 5.34. The van der Waals surface area contributed by atoms with Gasteiger partial charge in [-0.05, 0) is 78.4 Å². The molecule has 1 heterocycles. The summed E-state index contributed by atoms with van der Waals surface area (Å²) in [6.07, 6.45) is 0. The summed E-state index contributed by atoms with van der Waals surface area (Å²) in [6, 6.07) is 14.6. The van der Waals surface area contributed by atoms with E-state index in [4.69, 9.17) is 14.2 Å². The van der Waals surface area contributed by atoms with Crippen molar-refractivity contribution in [2.24, 2.45) is 0 Å². The van der Waals surface area contributed by atoms with E-state index < -0.39 is 17.7 Å². The van der Waals surface area contributed by atoms with Crippen LogP contribution >= 0.6 is 0 Å². The van der Waals surface area contributed by atoms with E-state index in [9.17, 15) is 19.8 Å². The number of methoxy groups -OCH3 is 2. The molecule has 0 bridgehead atoms. The van der Waals surface area contributed by atoms with Crippen molar-refractivity contribution >= 4 is 17.4 Å². The Kier molecular flexibility index (Phi) is 8.38. The Balaban J connectivity index is 1.94. The Morgan fingerprint density at radius 3 is 2.40 bits per heavy atom. The zero-order chi connectivity index (χ0) is 29.1. The number of nitrogens with zero attached hydrogens (tertiary/aromatic N) is 1. The first-order valence-electron chi connectivity index (χ1n) is 13.2. The van der Waals surface area contributed by atoms with E-state index in [2.05, 4.69) is 0 Å². The van der Waals surface area contributed by atoms with Gasteiger partial charge in [-0.3, -0.25) is 9.59 Å². The number of aliphatic hydroxyl groups excluding tert-OH is 1. The smallest absolute Gasteiger partial charge is 0.295 e. The van der Waals surface area contributed by atoms with Gasteiger partial charge in [-0.25, -0.2) is 0 Å². The first-order chi connectivity index (χ1) is 19.1. The minimum absolute atomic E-state index is 0.0380. The molecule has 3 aromatic rings. The number of Topliss-reactive ketones (excluding diaryl/α,β-unsaturated/α-hetero) is 1. The van der Waals surface area contributed by atoms with E-state index in [-0.39, 0.29) is 35.3 Å². The lowest BCUT2D eigenvalue weighted by Crippen LogP contribution is -2.29. The lowest BCUT2D eigenvalue weighted by molar-refractivity contribution is -0.140. The van der Waals surface area contributed by atoms with Gasteiger partial charge >= 0.3 is 0 Å². The van der Waals surface area contributed by atoms with Gasteiger partial charge in [0.05, 0.1) is 32.4 Å². The molecule has 1 aliphatic heterocycles. The number of carbonyl (C=O) groups is 2. The molecule has 0 saturated carbocycles. The molecule has 1 unspecified atom stereocenters. The minimum Gasteiger partial charge on any atom is -0.507 e. The van der Waals surface area contributed by atoms with Gasteiger partial charge in [0.2, 0.25) is 0 Å². The number of rotatable bonds is 9. The summed E-state index contributed by atoms with van der Waals surface area (Å²) < 4.78 is 16.5. The second-order valence-corrected chi connectivity index (χ2v) is 10.0. The third-order valence-electron chi connectivity index (χ3n) is 7.08. The van der Waals surface area contributed by atoms with Crippen molar-refractivity contribution in [3.8, 4) is 23.0 Å². The highest BCUT2D eigenvalue weighted by Crippen LogP contribution is 2.44. The van der Waals surface area contributed by atoms with Gasteiger partial charge in [0.15, 0.2) is 11.5 Å². The summed E-state index contributed by atoms with van der Waals surface area (Å²) in [5.74, 6) is -0.280. The standard InChI is InChI=1S/C32H35NO7/c1-7-40-27-15-21(11-12-25(27)34)29-28(30(35)24-16-23(18(2)3)26(39-6)13-19(24)4)31(36)32(37)33(29)17-20-9-8-10-22(14-20)38-5/h8-16,18,29,34-35H,7,17H2,1-6H3/b30-28+. The van der Waals surface area contributed by atoms with Crippen LogP contribution < -0.4 is 14.2 Å². The van der Waals surface area contributed by atoms with Crippen LogP contribution in [0.1, 0.15) is 60.5 Å². The number of amides is 1. The number of aromatic hydroxyl groups is 1. The molecule has 1 aliphatic rings. The number of aliphatic hydroxyl groups is 1. The van der Waals surface area contributed by atoms with E-state index >= 15 is 0 Å². The van der Waals surface area contributed by atoms with Crippen LogP contribution in [0.25, 0.3) is 5.76 Å². The van der Waals surface area contributed by atoms with Gasteiger partial charge in [-0.1, -0.05) is 32.0 Å². The maximum atomic E-state index is 13.6. The molecule has 0 radical (unpaired) electrons. The van der Waals surface area contributed by atoms with Crippen LogP contribution in [0.3, 0.4) is 0 Å². The predicted molar refractivity (Wildman–Crippen MR) is 152 cm³/mol. The third-order valence-corrected chi connectivity index (χ3v) is 7.08. The first-order valence-corrected chi connectivity index (χ1v) is 13.2. The zero-order valence-electron chi connectivity index (χ0n) is 23.6. The van der Waals surface area contributed by atoms with Gasteiger partial charge in [-0.15, -0.1) is 0 Å². The lowest BCUT2D eigenvalue weighted by atomic mass is 9.91. The Labute approximate surface area is 234 Å². The molecule has 1 amide bonds. The molecule has 40 heavy (non-hydrogen) atoms. The predicted octanol–water partition coefficient (Wildman–Crippen LogP) is 5.86. The largest absolute Gasteiger partial charge is 0.507 e. The average molecular weight is 546 g/mol. The Hall–Kier alpha value is -4.46. The summed E-state index contributed by atoms with van der Waals surface area (Å²) in [6.45, 7) is 8.03. The highest BCUT2D eigenvalue weighted by atomic mass is 16.5. The lowest BCUT2D eigenvalue weighted by Gasteiger charge is -2.26. The van der Waals surface area contributed by atoms with Crippen molar-refractivity contribution in [3.63, 3.8) is 0 Å². The number of carbonyl (C=O) groups excluding carboxylic acids is 2. The molecule has 0 aromatic heterocycles. The number of hydrogen-bond acceptors (Lipinski definition) is 7. The second kappa shape index (κ2) is 11.7. The molecule has 1 fully saturated rings. The maximum absolute atomic E-state index is 13.6. The SMILES string of the molecule is CCOc1cc(C2/C(=C(\O)c3cc(C(C)C)c(OC)cc3C)C(=O)C(=O)N2Cc2cccc(OC)c2)ccc1O.